The van der Waals surface area contributed by atoms with Crippen molar-refractivity contribution in [3.63, 3.8) is 0 Å². The normalized spacial score (nSPS) is 18.4. The number of hydrogen-bond donors (Lipinski definition) is 1. The Morgan fingerprint density at radius 2 is 2.09 bits per heavy atom. The van der Waals surface area contributed by atoms with Gasteiger partial charge in [-0.2, -0.15) is 0 Å². The van der Waals surface area contributed by atoms with E-state index in [1.54, 1.807) is 12.1 Å². The molecule has 1 N–H and O–H groups in total. The second-order valence-corrected chi connectivity index (χ2v) is 6.26. The molecule has 0 spiro atoms. The summed E-state index contributed by atoms with van der Waals surface area (Å²) in [6.45, 7) is 3.06. The van der Waals surface area contributed by atoms with E-state index in [2.05, 4.69) is 16.0 Å². The summed E-state index contributed by atoms with van der Waals surface area (Å²) in [4.78, 5) is 4.77. The van der Waals surface area contributed by atoms with Gasteiger partial charge in [0.2, 0.25) is 0 Å². The molecule has 1 aliphatic heterocycles. The van der Waals surface area contributed by atoms with E-state index in [0.717, 1.165) is 42.1 Å². The van der Waals surface area contributed by atoms with Crippen molar-refractivity contribution in [2.45, 2.75) is 19.4 Å². The number of hydrogen-bond acceptors (Lipinski definition) is 2. The molecule has 2 heterocycles. The van der Waals surface area contributed by atoms with Crippen LogP contribution in [0, 0.1) is 11.7 Å². The maximum atomic E-state index is 13.7. The predicted octanol–water partition coefficient (Wildman–Crippen LogP) is 3.84. The highest BCUT2D eigenvalue weighted by atomic mass is 19.1. The first-order valence-corrected chi connectivity index (χ1v) is 8.23. The molecular formula is C19H20FN3. The Balaban J connectivity index is 1.80. The highest BCUT2D eigenvalue weighted by molar-refractivity contribution is 5.80. The molecule has 3 nitrogen and oxygen atoms in total. The first-order valence-electron chi connectivity index (χ1n) is 8.23. The van der Waals surface area contributed by atoms with Crippen LogP contribution in [0.2, 0.25) is 0 Å². The van der Waals surface area contributed by atoms with Crippen LogP contribution in [0.1, 0.15) is 12.8 Å². The van der Waals surface area contributed by atoms with E-state index in [0.29, 0.717) is 5.92 Å². The quantitative estimate of drug-likeness (QED) is 0.796. The number of benzene rings is 2. The number of fused-ring (bicyclic) bond motifs is 1. The van der Waals surface area contributed by atoms with Crippen molar-refractivity contribution in [2.24, 2.45) is 5.92 Å². The number of nitrogens with zero attached hydrogens (tertiary/aromatic N) is 2. The van der Waals surface area contributed by atoms with Gasteiger partial charge in [-0.3, -0.25) is 0 Å². The lowest BCUT2D eigenvalue weighted by molar-refractivity contribution is 0.341. The molecule has 1 aromatic heterocycles. The van der Waals surface area contributed by atoms with Gasteiger partial charge in [-0.05, 0) is 56.1 Å². The maximum absolute atomic E-state index is 13.7. The van der Waals surface area contributed by atoms with Crippen molar-refractivity contribution in [1.82, 2.24) is 14.9 Å². The highest BCUT2D eigenvalue weighted by Crippen LogP contribution is 2.27. The smallest absolute Gasteiger partial charge is 0.141 e. The van der Waals surface area contributed by atoms with Gasteiger partial charge in [0, 0.05) is 12.1 Å². The minimum Gasteiger partial charge on any atom is -0.324 e. The van der Waals surface area contributed by atoms with Gasteiger partial charge >= 0.3 is 0 Å². The van der Waals surface area contributed by atoms with Crippen molar-refractivity contribution in [3.8, 4) is 11.4 Å². The van der Waals surface area contributed by atoms with Gasteiger partial charge in [0.05, 0.1) is 11.0 Å². The first kappa shape index (κ1) is 14.4. The molecule has 2 aromatic carbocycles. The Hall–Kier alpha value is -2.20. The summed E-state index contributed by atoms with van der Waals surface area (Å²) in [5.74, 6) is 1.23. The van der Waals surface area contributed by atoms with Crippen LogP contribution in [-0.4, -0.2) is 22.6 Å². The van der Waals surface area contributed by atoms with Gasteiger partial charge in [-0.1, -0.05) is 24.3 Å². The maximum Gasteiger partial charge on any atom is 0.141 e. The Morgan fingerprint density at radius 3 is 2.91 bits per heavy atom. The lowest BCUT2D eigenvalue weighted by Gasteiger charge is -2.24. The Kier molecular flexibility index (Phi) is 3.83. The van der Waals surface area contributed by atoms with Gasteiger partial charge < -0.3 is 9.88 Å². The molecule has 118 valence electrons. The van der Waals surface area contributed by atoms with Gasteiger partial charge in [-0.15, -0.1) is 0 Å². The van der Waals surface area contributed by atoms with Gasteiger partial charge in [-0.25, -0.2) is 9.37 Å². The fourth-order valence-electron chi connectivity index (χ4n) is 3.45. The van der Waals surface area contributed by atoms with Crippen LogP contribution in [0.4, 0.5) is 4.39 Å². The lowest BCUT2D eigenvalue weighted by atomic mass is 9.99. The molecule has 0 radical (unpaired) electrons. The van der Waals surface area contributed by atoms with E-state index in [1.807, 2.05) is 24.3 Å². The van der Waals surface area contributed by atoms with E-state index in [-0.39, 0.29) is 5.82 Å². The molecular weight excluding hydrogens is 289 g/mol. The van der Waals surface area contributed by atoms with Gasteiger partial charge in [0.25, 0.3) is 0 Å². The molecule has 23 heavy (non-hydrogen) atoms. The summed E-state index contributed by atoms with van der Waals surface area (Å²) < 4.78 is 15.9. The van der Waals surface area contributed by atoms with E-state index >= 15 is 0 Å². The molecule has 4 rings (SSSR count). The standard InChI is InChI=1S/C19H20FN3/c20-16-7-3-6-15(11-16)19-22-17-8-1-2-9-18(17)23(19)13-14-5-4-10-21-12-14/h1-3,6-9,11,14,21H,4-5,10,12-13H2. The SMILES string of the molecule is Fc1cccc(-c2nc3ccccc3n2CC2CCCNC2)c1. The van der Waals surface area contributed by atoms with Crippen molar-refractivity contribution in [2.75, 3.05) is 13.1 Å². The molecule has 1 fully saturated rings. The minimum atomic E-state index is -0.222. The molecule has 0 amide bonds. The molecule has 3 aromatic rings. The molecule has 1 saturated heterocycles. The molecule has 1 aliphatic rings. The van der Waals surface area contributed by atoms with E-state index in [4.69, 9.17) is 4.98 Å². The largest absolute Gasteiger partial charge is 0.324 e. The third-order valence-electron chi connectivity index (χ3n) is 4.58. The third-order valence-corrected chi connectivity index (χ3v) is 4.58. The lowest BCUT2D eigenvalue weighted by Crippen LogP contribution is -2.32. The van der Waals surface area contributed by atoms with Crippen LogP contribution in [-0.2, 0) is 6.54 Å². The molecule has 0 saturated carbocycles. The zero-order chi connectivity index (χ0) is 15.6. The summed E-state index contributed by atoms with van der Waals surface area (Å²) in [5.41, 5.74) is 2.93. The first-order chi connectivity index (χ1) is 11.3. The summed E-state index contributed by atoms with van der Waals surface area (Å²) in [6.07, 6.45) is 2.44. The molecule has 1 unspecified atom stereocenters. The topological polar surface area (TPSA) is 29.9 Å². The van der Waals surface area contributed by atoms with Crippen LogP contribution >= 0.6 is 0 Å². The predicted molar refractivity (Wildman–Crippen MR) is 90.7 cm³/mol. The second kappa shape index (κ2) is 6.13. The Labute approximate surface area is 135 Å². The summed E-state index contributed by atoms with van der Waals surface area (Å²) in [7, 11) is 0. The number of aromatic nitrogens is 2. The van der Waals surface area contributed by atoms with Gasteiger partial charge in [0.1, 0.15) is 11.6 Å². The van der Waals surface area contributed by atoms with E-state index < -0.39 is 0 Å². The van der Waals surface area contributed by atoms with Crippen molar-refractivity contribution in [1.29, 1.82) is 0 Å². The fourth-order valence-corrected chi connectivity index (χ4v) is 3.45. The Morgan fingerprint density at radius 1 is 1.17 bits per heavy atom. The van der Waals surface area contributed by atoms with Gasteiger partial charge in [0.15, 0.2) is 0 Å². The van der Waals surface area contributed by atoms with E-state index in [1.165, 1.54) is 18.9 Å². The van der Waals surface area contributed by atoms with Crippen molar-refractivity contribution in [3.05, 3.63) is 54.3 Å². The average Bonchev–Trinajstić information content (AvgIpc) is 2.95. The van der Waals surface area contributed by atoms with Crippen LogP contribution in [0.25, 0.3) is 22.4 Å². The van der Waals surface area contributed by atoms with Crippen LogP contribution < -0.4 is 5.32 Å². The molecule has 1 atom stereocenters. The Bertz CT molecular complexity index is 818. The molecule has 4 heteroatoms. The summed E-state index contributed by atoms with van der Waals surface area (Å²) in [5, 5.41) is 3.47. The second-order valence-electron chi connectivity index (χ2n) is 6.26. The highest BCUT2D eigenvalue weighted by Gasteiger charge is 2.18. The zero-order valence-corrected chi connectivity index (χ0v) is 13.0. The van der Waals surface area contributed by atoms with Crippen molar-refractivity contribution < 1.29 is 4.39 Å². The average molecular weight is 309 g/mol. The van der Waals surface area contributed by atoms with Crippen LogP contribution in [0.3, 0.4) is 0 Å². The number of piperidine rings is 1. The van der Waals surface area contributed by atoms with E-state index in [9.17, 15) is 4.39 Å². The van der Waals surface area contributed by atoms with Crippen molar-refractivity contribution >= 4 is 11.0 Å². The zero-order valence-electron chi connectivity index (χ0n) is 13.0. The fraction of sp³-hybridized carbons (Fsp3) is 0.316. The summed E-state index contributed by atoms with van der Waals surface area (Å²) in [6, 6.07) is 14.9. The molecule has 0 bridgehead atoms. The third kappa shape index (κ3) is 2.86. The number of nitrogens with one attached hydrogen (secondary N) is 1. The number of rotatable bonds is 3. The minimum absolute atomic E-state index is 0.222. The number of imidazole rings is 1. The van der Waals surface area contributed by atoms with Crippen LogP contribution in [0.15, 0.2) is 48.5 Å². The summed E-state index contributed by atoms with van der Waals surface area (Å²) >= 11 is 0. The monoisotopic (exact) mass is 309 g/mol. The number of para-hydroxylation sites is 2. The number of halogens is 1. The molecule has 0 aliphatic carbocycles. The van der Waals surface area contributed by atoms with Crippen LogP contribution in [0.5, 0.6) is 0 Å².